The van der Waals surface area contributed by atoms with E-state index in [1.807, 2.05) is 24.0 Å². The second kappa shape index (κ2) is 11.1. The van der Waals surface area contributed by atoms with Crippen molar-refractivity contribution in [3.8, 4) is 0 Å². The van der Waals surface area contributed by atoms with Crippen molar-refractivity contribution in [2.75, 3.05) is 13.1 Å². The zero-order valence-electron chi connectivity index (χ0n) is 15.5. The Morgan fingerprint density at radius 1 is 1.36 bits per heavy atom. The fraction of sp³-hybridized carbons (Fsp3) is 0.588. The molecule has 2 aromatic rings. The van der Waals surface area contributed by atoms with Gasteiger partial charge in [0.25, 0.3) is 0 Å². The lowest BCUT2D eigenvalue weighted by Crippen LogP contribution is -2.37. The highest BCUT2D eigenvalue weighted by Gasteiger charge is 2.07. The number of nitrogens with one attached hydrogen (secondary N) is 2. The molecule has 2 aromatic heterocycles. The van der Waals surface area contributed by atoms with Crippen molar-refractivity contribution in [3.05, 3.63) is 35.5 Å². The SMILES string of the molecule is CCNC(=NCc1cc(C(C)C)no1)NCCCc1cnn(C)c1.I. The summed E-state index contributed by atoms with van der Waals surface area (Å²) in [6.07, 6.45) is 5.99. The third kappa shape index (κ3) is 7.45. The first-order chi connectivity index (χ1) is 11.6. The first-order valence-electron chi connectivity index (χ1n) is 8.53. The number of aryl methyl sites for hydroxylation is 2. The Kier molecular flexibility index (Phi) is 9.54. The summed E-state index contributed by atoms with van der Waals surface area (Å²) in [6, 6.07) is 1.97. The van der Waals surface area contributed by atoms with Gasteiger partial charge >= 0.3 is 0 Å². The summed E-state index contributed by atoms with van der Waals surface area (Å²) in [5.41, 5.74) is 2.22. The molecule has 2 N–H and O–H groups in total. The number of hydrogen-bond donors (Lipinski definition) is 2. The van der Waals surface area contributed by atoms with Gasteiger partial charge in [0.1, 0.15) is 6.54 Å². The van der Waals surface area contributed by atoms with Crippen LogP contribution in [-0.2, 0) is 20.0 Å². The smallest absolute Gasteiger partial charge is 0.191 e. The number of nitrogens with zero attached hydrogens (tertiary/aromatic N) is 4. The van der Waals surface area contributed by atoms with Gasteiger partial charge in [0.2, 0.25) is 0 Å². The van der Waals surface area contributed by atoms with Crippen LogP contribution in [0.4, 0.5) is 0 Å². The van der Waals surface area contributed by atoms with Crippen LogP contribution < -0.4 is 10.6 Å². The first-order valence-corrected chi connectivity index (χ1v) is 8.53. The molecular formula is C17H29IN6O. The molecule has 0 radical (unpaired) electrons. The topological polar surface area (TPSA) is 80.3 Å². The largest absolute Gasteiger partial charge is 0.359 e. The van der Waals surface area contributed by atoms with Crippen molar-refractivity contribution in [1.82, 2.24) is 25.6 Å². The molecule has 8 heteroatoms. The molecule has 0 bridgehead atoms. The summed E-state index contributed by atoms with van der Waals surface area (Å²) in [6.45, 7) is 8.41. The molecule has 0 saturated carbocycles. The Morgan fingerprint density at radius 2 is 2.16 bits per heavy atom. The summed E-state index contributed by atoms with van der Waals surface area (Å²) in [5.74, 6) is 1.95. The summed E-state index contributed by atoms with van der Waals surface area (Å²) in [7, 11) is 1.94. The summed E-state index contributed by atoms with van der Waals surface area (Å²) < 4.78 is 7.15. The molecule has 0 saturated heterocycles. The average molecular weight is 460 g/mol. The maximum absolute atomic E-state index is 5.32. The average Bonchev–Trinajstić information content (AvgIpc) is 3.18. The number of rotatable bonds is 8. The van der Waals surface area contributed by atoms with Gasteiger partial charge < -0.3 is 15.2 Å². The van der Waals surface area contributed by atoms with Crippen molar-refractivity contribution in [2.24, 2.45) is 12.0 Å². The summed E-state index contributed by atoms with van der Waals surface area (Å²) in [5, 5.41) is 14.8. The number of hydrogen-bond acceptors (Lipinski definition) is 4. The van der Waals surface area contributed by atoms with Gasteiger partial charge in [-0.25, -0.2) is 4.99 Å². The minimum Gasteiger partial charge on any atom is -0.359 e. The molecule has 25 heavy (non-hydrogen) atoms. The predicted molar refractivity (Wildman–Crippen MR) is 110 cm³/mol. The van der Waals surface area contributed by atoms with E-state index in [0.29, 0.717) is 12.5 Å². The molecule has 0 amide bonds. The fourth-order valence-corrected chi connectivity index (χ4v) is 2.27. The Morgan fingerprint density at radius 3 is 2.76 bits per heavy atom. The van der Waals surface area contributed by atoms with Gasteiger partial charge in [-0.15, -0.1) is 24.0 Å². The van der Waals surface area contributed by atoms with Gasteiger partial charge in [0.15, 0.2) is 11.7 Å². The van der Waals surface area contributed by atoms with Gasteiger partial charge in [-0.1, -0.05) is 19.0 Å². The number of guanidine groups is 1. The standard InChI is InChI=1S/C17H28N6O.HI/c1-5-18-17(19-8-6-7-14-10-21-23(4)12-14)20-11-15-9-16(13(2)3)22-24-15;/h9-10,12-13H,5-8,11H2,1-4H3,(H2,18,19,20);1H. The Hall–Kier alpha value is -1.58. The monoisotopic (exact) mass is 460 g/mol. The highest BCUT2D eigenvalue weighted by atomic mass is 127. The zero-order valence-corrected chi connectivity index (χ0v) is 17.8. The van der Waals surface area contributed by atoms with E-state index in [-0.39, 0.29) is 24.0 Å². The Balaban J connectivity index is 0.00000312. The van der Waals surface area contributed by atoms with Gasteiger partial charge in [-0.2, -0.15) is 5.10 Å². The van der Waals surface area contributed by atoms with Crippen LogP contribution in [0.25, 0.3) is 0 Å². The molecule has 7 nitrogen and oxygen atoms in total. The molecule has 0 unspecified atom stereocenters. The minimum atomic E-state index is 0. The molecule has 0 aliphatic carbocycles. The van der Waals surface area contributed by atoms with Crippen LogP contribution in [0.3, 0.4) is 0 Å². The van der Waals surface area contributed by atoms with Gasteiger partial charge in [-0.3, -0.25) is 4.68 Å². The molecule has 140 valence electrons. The number of halogens is 1. The Bertz CT molecular complexity index is 649. The first kappa shape index (κ1) is 21.5. The molecule has 0 aliphatic rings. The lowest BCUT2D eigenvalue weighted by atomic mass is 10.1. The van der Waals surface area contributed by atoms with Crippen LogP contribution in [0.2, 0.25) is 0 Å². The maximum Gasteiger partial charge on any atom is 0.191 e. The molecule has 0 aliphatic heterocycles. The van der Waals surface area contributed by atoms with E-state index in [0.717, 1.165) is 43.3 Å². The minimum absolute atomic E-state index is 0. The third-order valence-electron chi connectivity index (χ3n) is 3.60. The zero-order chi connectivity index (χ0) is 17.4. The predicted octanol–water partition coefficient (Wildman–Crippen LogP) is 2.84. The van der Waals surface area contributed by atoms with E-state index >= 15 is 0 Å². The van der Waals surface area contributed by atoms with Crippen LogP contribution in [-0.4, -0.2) is 34.0 Å². The van der Waals surface area contributed by atoms with Gasteiger partial charge in [0, 0.05) is 32.4 Å². The van der Waals surface area contributed by atoms with E-state index in [4.69, 9.17) is 4.52 Å². The lowest BCUT2D eigenvalue weighted by Gasteiger charge is -2.10. The Labute approximate surface area is 166 Å². The molecule has 2 rings (SSSR count). The van der Waals surface area contributed by atoms with Crippen LogP contribution in [0.1, 0.15) is 50.1 Å². The van der Waals surface area contributed by atoms with Crippen molar-refractivity contribution in [3.63, 3.8) is 0 Å². The lowest BCUT2D eigenvalue weighted by molar-refractivity contribution is 0.376. The summed E-state index contributed by atoms with van der Waals surface area (Å²) >= 11 is 0. The van der Waals surface area contributed by atoms with Crippen LogP contribution in [0, 0.1) is 0 Å². The van der Waals surface area contributed by atoms with Crippen LogP contribution >= 0.6 is 24.0 Å². The van der Waals surface area contributed by atoms with Crippen molar-refractivity contribution in [1.29, 1.82) is 0 Å². The number of aromatic nitrogens is 3. The highest BCUT2D eigenvalue weighted by Crippen LogP contribution is 2.14. The van der Waals surface area contributed by atoms with E-state index in [2.05, 4.69) is 52.8 Å². The number of aliphatic imine (C=N–C) groups is 1. The molecule has 0 aromatic carbocycles. The maximum atomic E-state index is 5.32. The normalized spacial score (nSPS) is 11.5. The molecule has 0 spiro atoms. The van der Waals surface area contributed by atoms with E-state index in [1.54, 1.807) is 0 Å². The molecular weight excluding hydrogens is 431 g/mol. The summed E-state index contributed by atoms with van der Waals surface area (Å²) in [4.78, 5) is 4.55. The fourth-order valence-electron chi connectivity index (χ4n) is 2.27. The van der Waals surface area contributed by atoms with Crippen molar-refractivity contribution >= 4 is 29.9 Å². The van der Waals surface area contributed by atoms with Crippen LogP contribution in [0.15, 0.2) is 28.0 Å². The van der Waals surface area contributed by atoms with Gasteiger partial charge in [0.05, 0.1) is 11.9 Å². The van der Waals surface area contributed by atoms with E-state index in [9.17, 15) is 0 Å². The molecule has 2 heterocycles. The van der Waals surface area contributed by atoms with Gasteiger partial charge in [-0.05, 0) is 31.2 Å². The van der Waals surface area contributed by atoms with Crippen LogP contribution in [0.5, 0.6) is 0 Å². The van der Waals surface area contributed by atoms with Crippen molar-refractivity contribution < 1.29 is 4.52 Å². The second-order valence-electron chi connectivity index (χ2n) is 6.12. The van der Waals surface area contributed by atoms with E-state index < -0.39 is 0 Å². The quantitative estimate of drug-likeness (QED) is 0.274. The van der Waals surface area contributed by atoms with E-state index in [1.165, 1.54) is 5.56 Å². The molecule has 0 atom stereocenters. The highest BCUT2D eigenvalue weighted by molar-refractivity contribution is 14.0. The second-order valence-corrected chi connectivity index (χ2v) is 6.12. The van der Waals surface area contributed by atoms with Crippen molar-refractivity contribution in [2.45, 2.75) is 46.1 Å². The molecule has 0 fully saturated rings. The third-order valence-corrected chi connectivity index (χ3v) is 3.60.